The molecule has 0 aliphatic heterocycles. The number of benzene rings is 1. The molecule has 0 aliphatic carbocycles. The van der Waals surface area contributed by atoms with Gasteiger partial charge in [0, 0.05) is 22.5 Å². The maximum absolute atomic E-state index is 11.3. The molecule has 0 radical (unpaired) electrons. The van der Waals surface area contributed by atoms with Gasteiger partial charge in [-0.2, -0.15) is 0 Å². The predicted octanol–water partition coefficient (Wildman–Crippen LogP) is 2.22. The topological polar surface area (TPSA) is 84.7 Å². The molecule has 0 amide bonds. The Morgan fingerprint density at radius 1 is 1.16 bits per heavy atom. The number of aromatic amines is 3. The van der Waals surface area contributed by atoms with Gasteiger partial charge in [-0.05, 0) is 25.5 Å². The number of H-pyrrole nitrogens is 3. The third-order valence-corrected chi connectivity index (χ3v) is 3.59. The van der Waals surface area contributed by atoms with Crippen LogP contribution in [0.25, 0.3) is 10.9 Å². The van der Waals surface area contributed by atoms with Gasteiger partial charge in [-0.15, -0.1) is 0 Å². The van der Waals surface area contributed by atoms with Gasteiger partial charge in [0.15, 0.2) is 0 Å². The molecule has 4 N–H and O–H groups in total. The summed E-state index contributed by atoms with van der Waals surface area (Å²) in [5, 5.41) is 10.9. The van der Waals surface area contributed by atoms with Crippen LogP contribution in [0.1, 0.15) is 25.1 Å². The Morgan fingerprint density at radius 2 is 1.89 bits per heavy atom. The summed E-state index contributed by atoms with van der Waals surface area (Å²) in [6.07, 6.45) is 1.91. The highest BCUT2D eigenvalue weighted by Gasteiger charge is 2.31. The van der Waals surface area contributed by atoms with E-state index in [1.807, 2.05) is 44.3 Å². The van der Waals surface area contributed by atoms with Crippen molar-refractivity contribution in [3.63, 3.8) is 0 Å². The van der Waals surface area contributed by atoms with E-state index in [4.69, 9.17) is 0 Å². The first-order chi connectivity index (χ1) is 9.00. The Labute approximate surface area is 109 Å². The SMILES string of the molecule is CC(C)(c1[nH]c(=O)[nH]c1O)c1c[nH]c2ccccc12. The Hall–Kier alpha value is -2.43. The second-order valence-corrected chi connectivity index (χ2v) is 5.18. The number of aromatic nitrogens is 3. The summed E-state index contributed by atoms with van der Waals surface area (Å²) in [7, 11) is 0. The normalized spacial score (nSPS) is 12.1. The first-order valence-electron chi connectivity index (χ1n) is 6.08. The fourth-order valence-electron chi connectivity index (χ4n) is 2.55. The van der Waals surface area contributed by atoms with Crippen LogP contribution in [-0.2, 0) is 5.41 Å². The maximum Gasteiger partial charge on any atom is 0.325 e. The molecule has 98 valence electrons. The standard InChI is InChI=1S/C14H15N3O2/c1-14(2,11-12(18)17-13(19)16-11)9-7-15-10-6-4-3-5-8(9)10/h3-7,15,18H,1-2H3,(H2,16,17,19). The molecule has 0 unspecified atom stereocenters. The molecule has 0 bridgehead atoms. The van der Waals surface area contributed by atoms with Crippen molar-refractivity contribution < 1.29 is 5.11 Å². The second-order valence-electron chi connectivity index (χ2n) is 5.18. The van der Waals surface area contributed by atoms with Crippen molar-refractivity contribution in [3.05, 3.63) is 52.2 Å². The highest BCUT2D eigenvalue weighted by atomic mass is 16.3. The van der Waals surface area contributed by atoms with Crippen LogP contribution in [0, 0.1) is 0 Å². The van der Waals surface area contributed by atoms with Crippen molar-refractivity contribution >= 4 is 10.9 Å². The van der Waals surface area contributed by atoms with Gasteiger partial charge in [0.1, 0.15) is 0 Å². The zero-order valence-corrected chi connectivity index (χ0v) is 10.7. The second kappa shape index (κ2) is 3.78. The predicted molar refractivity (Wildman–Crippen MR) is 73.5 cm³/mol. The van der Waals surface area contributed by atoms with Crippen LogP contribution in [0.2, 0.25) is 0 Å². The fraction of sp³-hybridized carbons (Fsp3) is 0.214. The van der Waals surface area contributed by atoms with Crippen molar-refractivity contribution in [2.45, 2.75) is 19.3 Å². The van der Waals surface area contributed by atoms with E-state index in [9.17, 15) is 9.90 Å². The molecule has 0 atom stereocenters. The Bertz CT molecular complexity index is 792. The Kier molecular flexibility index (Phi) is 2.32. The number of para-hydroxylation sites is 1. The number of hydrogen-bond donors (Lipinski definition) is 4. The highest BCUT2D eigenvalue weighted by molar-refractivity contribution is 5.84. The molecule has 0 saturated carbocycles. The quantitative estimate of drug-likeness (QED) is 0.567. The number of fused-ring (bicyclic) bond motifs is 1. The molecule has 0 spiro atoms. The molecular formula is C14H15N3O2. The fourth-order valence-corrected chi connectivity index (χ4v) is 2.55. The molecule has 3 rings (SSSR count). The lowest BCUT2D eigenvalue weighted by Crippen LogP contribution is -2.20. The van der Waals surface area contributed by atoms with E-state index < -0.39 is 11.1 Å². The van der Waals surface area contributed by atoms with Gasteiger partial charge in [0.25, 0.3) is 0 Å². The zero-order chi connectivity index (χ0) is 13.6. The average molecular weight is 257 g/mol. The van der Waals surface area contributed by atoms with Gasteiger partial charge < -0.3 is 15.1 Å². The van der Waals surface area contributed by atoms with Crippen molar-refractivity contribution in [2.75, 3.05) is 0 Å². The summed E-state index contributed by atoms with van der Waals surface area (Å²) < 4.78 is 0. The molecule has 2 heterocycles. The average Bonchev–Trinajstić information content (AvgIpc) is 2.93. The van der Waals surface area contributed by atoms with Crippen LogP contribution in [0.3, 0.4) is 0 Å². The first kappa shape index (κ1) is 11.6. The number of hydrogen-bond acceptors (Lipinski definition) is 2. The molecule has 1 aromatic carbocycles. The molecule has 0 aliphatic rings. The summed E-state index contributed by atoms with van der Waals surface area (Å²) in [5.74, 6) is -0.111. The van der Waals surface area contributed by atoms with Crippen molar-refractivity contribution in [1.82, 2.24) is 15.0 Å². The van der Waals surface area contributed by atoms with Gasteiger partial charge in [0.05, 0.1) is 5.69 Å². The van der Waals surface area contributed by atoms with Gasteiger partial charge in [-0.3, -0.25) is 4.98 Å². The minimum absolute atomic E-state index is 0.111. The van der Waals surface area contributed by atoms with E-state index >= 15 is 0 Å². The molecule has 0 fully saturated rings. The highest BCUT2D eigenvalue weighted by Crippen LogP contribution is 2.37. The minimum Gasteiger partial charge on any atom is -0.493 e. The van der Waals surface area contributed by atoms with Crippen molar-refractivity contribution in [2.24, 2.45) is 0 Å². The number of rotatable bonds is 2. The first-order valence-corrected chi connectivity index (χ1v) is 6.08. The molecule has 3 aromatic rings. The van der Waals surface area contributed by atoms with Crippen LogP contribution >= 0.6 is 0 Å². The lowest BCUT2D eigenvalue weighted by Gasteiger charge is -2.23. The summed E-state index contributed by atoms with van der Waals surface area (Å²) in [5.41, 5.74) is 1.63. The molecule has 0 saturated heterocycles. The smallest absolute Gasteiger partial charge is 0.325 e. The van der Waals surface area contributed by atoms with Gasteiger partial charge in [-0.1, -0.05) is 18.2 Å². The summed E-state index contributed by atoms with van der Waals surface area (Å²) >= 11 is 0. The van der Waals surface area contributed by atoms with E-state index in [-0.39, 0.29) is 5.88 Å². The Balaban J connectivity index is 2.24. The Morgan fingerprint density at radius 3 is 2.58 bits per heavy atom. The number of aromatic hydroxyl groups is 1. The zero-order valence-electron chi connectivity index (χ0n) is 10.7. The van der Waals surface area contributed by atoms with Gasteiger partial charge >= 0.3 is 5.69 Å². The van der Waals surface area contributed by atoms with E-state index in [2.05, 4.69) is 15.0 Å². The van der Waals surface area contributed by atoms with E-state index in [0.29, 0.717) is 5.69 Å². The molecule has 2 aromatic heterocycles. The summed E-state index contributed by atoms with van der Waals surface area (Å²) in [6, 6.07) is 7.94. The van der Waals surface area contributed by atoms with Crippen molar-refractivity contribution in [3.8, 4) is 5.88 Å². The summed E-state index contributed by atoms with van der Waals surface area (Å²) in [6.45, 7) is 3.92. The van der Waals surface area contributed by atoms with E-state index in [1.165, 1.54) is 0 Å². The van der Waals surface area contributed by atoms with Gasteiger partial charge in [-0.25, -0.2) is 4.79 Å². The third-order valence-electron chi connectivity index (χ3n) is 3.59. The summed E-state index contributed by atoms with van der Waals surface area (Å²) in [4.78, 5) is 19.5. The van der Waals surface area contributed by atoms with Gasteiger partial charge in [0.2, 0.25) is 5.88 Å². The van der Waals surface area contributed by atoms with Crippen LogP contribution in [0.4, 0.5) is 0 Å². The van der Waals surface area contributed by atoms with E-state index in [1.54, 1.807) is 0 Å². The lowest BCUT2D eigenvalue weighted by atomic mass is 9.81. The molecular weight excluding hydrogens is 242 g/mol. The number of nitrogens with one attached hydrogen (secondary N) is 3. The van der Waals surface area contributed by atoms with Crippen LogP contribution in [-0.4, -0.2) is 20.1 Å². The van der Waals surface area contributed by atoms with Crippen LogP contribution in [0.5, 0.6) is 5.88 Å². The third kappa shape index (κ3) is 1.66. The van der Waals surface area contributed by atoms with E-state index in [0.717, 1.165) is 16.5 Å². The van der Waals surface area contributed by atoms with Crippen LogP contribution in [0.15, 0.2) is 35.3 Å². The monoisotopic (exact) mass is 257 g/mol. The van der Waals surface area contributed by atoms with Crippen molar-refractivity contribution in [1.29, 1.82) is 0 Å². The molecule has 19 heavy (non-hydrogen) atoms. The lowest BCUT2D eigenvalue weighted by molar-refractivity contribution is 0.434. The maximum atomic E-state index is 11.3. The molecule has 5 heteroatoms. The van der Waals surface area contributed by atoms with Crippen LogP contribution < -0.4 is 5.69 Å². The molecule has 5 nitrogen and oxygen atoms in total. The minimum atomic E-state index is -0.511. The largest absolute Gasteiger partial charge is 0.493 e. The number of imidazole rings is 1.